The minimum Gasteiger partial charge on any atom is -0.354 e. The lowest BCUT2D eigenvalue weighted by Crippen LogP contribution is -2.46. The van der Waals surface area contributed by atoms with Crippen LogP contribution in [0.5, 0.6) is 0 Å². The lowest BCUT2D eigenvalue weighted by Gasteiger charge is -2.27. The zero-order chi connectivity index (χ0) is 19.6. The van der Waals surface area contributed by atoms with Gasteiger partial charge in [0.05, 0.1) is 4.90 Å². The molecule has 0 radical (unpaired) electrons. The number of nitrogens with one attached hydrogen (secondary N) is 1. The molecule has 2 unspecified atom stereocenters. The summed E-state index contributed by atoms with van der Waals surface area (Å²) in [4.78, 5) is 13.1. The predicted molar refractivity (Wildman–Crippen MR) is 108 cm³/mol. The average Bonchev–Trinajstić information content (AvgIpc) is 3.23. The minimum atomic E-state index is -3.65. The number of hydrogen-bond donors (Lipinski definition) is 1. The van der Waals surface area contributed by atoms with Crippen LogP contribution in [0.15, 0.2) is 59.5 Å². The normalized spacial score (nSPS) is 22.6. The molecule has 2 atom stereocenters. The van der Waals surface area contributed by atoms with Crippen LogP contribution in [0.4, 0.5) is 0 Å². The van der Waals surface area contributed by atoms with Crippen molar-refractivity contribution in [2.45, 2.75) is 49.0 Å². The minimum absolute atomic E-state index is 0.180. The zero-order valence-electron chi connectivity index (χ0n) is 15.9. The van der Waals surface area contributed by atoms with E-state index in [-0.39, 0.29) is 10.8 Å². The Bertz CT molecular complexity index is 943. The van der Waals surface area contributed by atoms with Crippen molar-refractivity contribution in [3.8, 4) is 0 Å². The van der Waals surface area contributed by atoms with Crippen LogP contribution in [0.25, 0.3) is 0 Å². The molecule has 5 nitrogen and oxygen atoms in total. The van der Waals surface area contributed by atoms with Crippen molar-refractivity contribution in [2.24, 2.45) is 0 Å². The van der Waals surface area contributed by atoms with Crippen LogP contribution in [-0.2, 0) is 21.2 Å². The number of fused-ring (bicyclic) bond motifs is 1. The summed E-state index contributed by atoms with van der Waals surface area (Å²) in [6.07, 6.45) is 4.53. The van der Waals surface area contributed by atoms with Crippen LogP contribution in [0.2, 0.25) is 0 Å². The number of aryl methyl sites for hydroxylation is 1. The first-order valence-corrected chi connectivity index (χ1v) is 11.4. The Labute approximate surface area is 166 Å². The number of carbonyl (C=O) groups excluding carboxylic acids is 1. The highest BCUT2D eigenvalue weighted by atomic mass is 32.2. The second-order valence-corrected chi connectivity index (χ2v) is 9.51. The van der Waals surface area contributed by atoms with E-state index in [4.69, 9.17) is 0 Å². The molecule has 4 rings (SSSR count). The topological polar surface area (TPSA) is 66.5 Å². The number of benzene rings is 2. The van der Waals surface area contributed by atoms with Crippen LogP contribution in [0, 0.1) is 0 Å². The molecule has 1 saturated heterocycles. The van der Waals surface area contributed by atoms with Gasteiger partial charge in [0.2, 0.25) is 15.9 Å². The van der Waals surface area contributed by atoms with Gasteiger partial charge in [-0.25, -0.2) is 8.42 Å². The first-order valence-electron chi connectivity index (χ1n) is 10.00. The Balaban J connectivity index is 1.45. The van der Waals surface area contributed by atoms with Gasteiger partial charge in [0.25, 0.3) is 0 Å². The van der Waals surface area contributed by atoms with Crippen LogP contribution in [0.3, 0.4) is 0 Å². The molecule has 1 aliphatic carbocycles. The molecule has 2 aliphatic rings. The quantitative estimate of drug-likeness (QED) is 0.842. The molecule has 1 fully saturated rings. The highest BCUT2D eigenvalue weighted by Gasteiger charge is 2.39. The van der Waals surface area contributed by atoms with Crippen LogP contribution < -0.4 is 5.32 Å². The maximum atomic E-state index is 13.0. The van der Waals surface area contributed by atoms with Crippen LogP contribution in [-0.4, -0.2) is 37.8 Å². The molecule has 2 aromatic rings. The van der Waals surface area contributed by atoms with E-state index >= 15 is 0 Å². The molecule has 1 aliphatic heterocycles. The summed E-state index contributed by atoms with van der Waals surface area (Å²) in [6, 6.07) is 16.2. The van der Waals surface area contributed by atoms with E-state index in [0.29, 0.717) is 31.8 Å². The summed E-state index contributed by atoms with van der Waals surface area (Å²) in [7, 11) is -3.65. The van der Waals surface area contributed by atoms with Gasteiger partial charge in [0, 0.05) is 19.0 Å². The molecule has 2 aromatic carbocycles. The molecule has 28 heavy (non-hydrogen) atoms. The molecule has 1 amide bonds. The first-order chi connectivity index (χ1) is 13.6. The third-order valence-electron chi connectivity index (χ3n) is 5.87. The maximum Gasteiger partial charge on any atom is 0.243 e. The Morgan fingerprint density at radius 3 is 2.57 bits per heavy atom. The average molecular weight is 399 g/mol. The highest BCUT2D eigenvalue weighted by molar-refractivity contribution is 7.89. The van der Waals surface area contributed by atoms with Gasteiger partial charge in [0.15, 0.2) is 0 Å². The summed E-state index contributed by atoms with van der Waals surface area (Å²) in [5.41, 5.74) is 2.68. The van der Waals surface area contributed by atoms with Gasteiger partial charge in [-0.05, 0) is 55.4 Å². The van der Waals surface area contributed by atoms with Crippen molar-refractivity contribution >= 4 is 15.9 Å². The van der Waals surface area contributed by atoms with Gasteiger partial charge < -0.3 is 5.32 Å². The van der Waals surface area contributed by atoms with Gasteiger partial charge in [-0.2, -0.15) is 4.31 Å². The third kappa shape index (κ3) is 3.71. The van der Waals surface area contributed by atoms with Gasteiger partial charge in [-0.15, -0.1) is 0 Å². The monoisotopic (exact) mass is 398 g/mol. The smallest absolute Gasteiger partial charge is 0.243 e. The van der Waals surface area contributed by atoms with Crippen molar-refractivity contribution in [3.05, 3.63) is 65.7 Å². The van der Waals surface area contributed by atoms with E-state index < -0.39 is 16.1 Å². The van der Waals surface area contributed by atoms with E-state index in [2.05, 4.69) is 23.5 Å². The van der Waals surface area contributed by atoms with Gasteiger partial charge in [-0.3, -0.25) is 4.79 Å². The highest BCUT2D eigenvalue weighted by Crippen LogP contribution is 2.31. The van der Waals surface area contributed by atoms with Crippen molar-refractivity contribution in [3.63, 3.8) is 0 Å². The van der Waals surface area contributed by atoms with E-state index in [9.17, 15) is 13.2 Å². The molecule has 1 heterocycles. The fraction of sp³-hybridized carbons (Fsp3) is 0.409. The Hall–Kier alpha value is -2.18. The molecule has 148 valence electrons. The molecular formula is C22H26N2O3S. The van der Waals surface area contributed by atoms with E-state index in [1.165, 1.54) is 15.4 Å². The summed E-state index contributed by atoms with van der Waals surface area (Å²) in [6.45, 7) is 0.952. The zero-order valence-corrected chi connectivity index (χ0v) is 16.7. The van der Waals surface area contributed by atoms with E-state index in [1.54, 1.807) is 30.3 Å². The molecule has 0 saturated carbocycles. The van der Waals surface area contributed by atoms with Gasteiger partial charge in [0.1, 0.15) is 6.04 Å². The Morgan fingerprint density at radius 2 is 1.75 bits per heavy atom. The fourth-order valence-corrected chi connectivity index (χ4v) is 6.10. The summed E-state index contributed by atoms with van der Waals surface area (Å²) in [5.74, 6) is 0.120. The summed E-state index contributed by atoms with van der Waals surface area (Å²) < 4.78 is 27.3. The molecule has 1 N–H and O–H groups in total. The SMILES string of the molecule is O=C(NCC1CCCc2ccccc21)C1CCCN1S(=O)(=O)c1ccccc1. The van der Waals surface area contributed by atoms with E-state index in [1.807, 2.05) is 6.07 Å². The van der Waals surface area contributed by atoms with Gasteiger partial charge in [-0.1, -0.05) is 42.5 Å². The predicted octanol–water partition coefficient (Wildman–Crippen LogP) is 3.08. The lowest BCUT2D eigenvalue weighted by atomic mass is 9.83. The number of nitrogens with zero attached hydrogens (tertiary/aromatic N) is 1. The first kappa shape index (κ1) is 19.2. The van der Waals surface area contributed by atoms with Gasteiger partial charge >= 0.3 is 0 Å². The molecular weight excluding hydrogens is 372 g/mol. The third-order valence-corrected chi connectivity index (χ3v) is 7.79. The number of rotatable bonds is 5. The lowest BCUT2D eigenvalue weighted by molar-refractivity contribution is -0.124. The number of amides is 1. The van der Waals surface area contributed by atoms with E-state index in [0.717, 1.165) is 19.3 Å². The van der Waals surface area contributed by atoms with Crippen molar-refractivity contribution in [1.29, 1.82) is 0 Å². The summed E-state index contributed by atoms with van der Waals surface area (Å²) >= 11 is 0. The summed E-state index contributed by atoms with van der Waals surface area (Å²) in [5, 5.41) is 3.04. The van der Waals surface area contributed by atoms with Crippen molar-refractivity contribution in [2.75, 3.05) is 13.1 Å². The van der Waals surface area contributed by atoms with Crippen molar-refractivity contribution in [1.82, 2.24) is 9.62 Å². The molecule has 0 spiro atoms. The largest absolute Gasteiger partial charge is 0.354 e. The Kier molecular flexibility index (Phi) is 5.51. The standard InChI is InChI=1S/C22H26N2O3S/c25-22(23-16-18-10-6-9-17-8-4-5-13-20(17)18)21-14-7-15-24(21)28(26,27)19-11-2-1-3-12-19/h1-5,8,11-13,18,21H,6-7,9-10,14-16H2,(H,23,25). The number of carbonyl (C=O) groups is 1. The second-order valence-electron chi connectivity index (χ2n) is 7.62. The van der Waals surface area contributed by atoms with Crippen LogP contribution in [0.1, 0.15) is 42.7 Å². The fourth-order valence-electron chi connectivity index (χ4n) is 4.43. The Morgan fingerprint density at radius 1 is 1.00 bits per heavy atom. The van der Waals surface area contributed by atoms with Crippen LogP contribution >= 0.6 is 0 Å². The maximum absolute atomic E-state index is 13.0. The second kappa shape index (κ2) is 8.05. The van der Waals surface area contributed by atoms with Crippen molar-refractivity contribution < 1.29 is 13.2 Å². The number of hydrogen-bond acceptors (Lipinski definition) is 3. The molecule has 6 heteroatoms. The molecule has 0 bridgehead atoms. The molecule has 0 aromatic heterocycles. The number of sulfonamides is 1.